The zero-order chi connectivity index (χ0) is 18.8. The Morgan fingerprint density at radius 2 is 2.00 bits per heavy atom. The van der Waals surface area contributed by atoms with Crippen molar-refractivity contribution < 1.29 is 9.59 Å². The summed E-state index contributed by atoms with van der Waals surface area (Å²) in [6.07, 6.45) is 3.99. The normalized spacial score (nSPS) is 17.2. The van der Waals surface area contributed by atoms with Crippen LogP contribution < -0.4 is 5.32 Å². The number of hydrogen-bond acceptors (Lipinski definition) is 3. The highest BCUT2D eigenvalue weighted by Gasteiger charge is 2.27. The van der Waals surface area contributed by atoms with Gasteiger partial charge in [-0.1, -0.05) is 37.3 Å². The quantitative estimate of drug-likeness (QED) is 0.726. The second kappa shape index (κ2) is 7.35. The van der Waals surface area contributed by atoms with E-state index < -0.39 is 0 Å². The van der Waals surface area contributed by atoms with Gasteiger partial charge in [0.2, 0.25) is 5.91 Å². The first-order valence-corrected chi connectivity index (χ1v) is 9.52. The Labute approximate surface area is 158 Å². The highest BCUT2D eigenvalue weighted by Crippen LogP contribution is 2.28. The van der Waals surface area contributed by atoms with Crippen molar-refractivity contribution in [1.29, 1.82) is 0 Å². The van der Waals surface area contributed by atoms with Crippen LogP contribution in [0.2, 0.25) is 0 Å². The van der Waals surface area contributed by atoms with E-state index in [-0.39, 0.29) is 17.9 Å². The van der Waals surface area contributed by atoms with Crippen molar-refractivity contribution in [3.63, 3.8) is 0 Å². The molecule has 0 bridgehead atoms. The van der Waals surface area contributed by atoms with Gasteiger partial charge in [0.15, 0.2) is 0 Å². The predicted molar refractivity (Wildman–Crippen MR) is 107 cm³/mol. The van der Waals surface area contributed by atoms with Crippen molar-refractivity contribution in [3.05, 3.63) is 54.2 Å². The van der Waals surface area contributed by atoms with Crippen molar-refractivity contribution in [2.24, 2.45) is 0 Å². The van der Waals surface area contributed by atoms with Crippen LogP contribution in [0.5, 0.6) is 0 Å². The van der Waals surface area contributed by atoms with E-state index in [1.165, 1.54) is 0 Å². The SMILES string of the molecule is CCC(=O)NC1CCCN(C(=O)c2cc3ccccc3c3cccnc23)C1. The Balaban J connectivity index is 1.70. The fourth-order valence-electron chi connectivity index (χ4n) is 3.87. The van der Waals surface area contributed by atoms with Crippen LogP contribution in [0.1, 0.15) is 36.5 Å². The van der Waals surface area contributed by atoms with Gasteiger partial charge in [-0.25, -0.2) is 0 Å². The number of fused-ring (bicyclic) bond motifs is 3. The van der Waals surface area contributed by atoms with Crippen molar-refractivity contribution in [1.82, 2.24) is 15.2 Å². The van der Waals surface area contributed by atoms with Gasteiger partial charge in [0.25, 0.3) is 5.91 Å². The van der Waals surface area contributed by atoms with Crippen LogP contribution in [0, 0.1) is 0 Å². The van der Waals surface area contributed by atoms with E-state index in [4.69, 9.17) is 0 Å². The maximum absolute atomic E-state index is 13.3. The monoisotopic (exact) mass is 361 g/mol. The third-order valence-electron chi connectivity index (χ3n) is 5.24. The molecule has 0 aliphatic carbocycles. The van der Waals surface area contributed by atoms with E-state index in [1.807, 2.05) is 48.2 Å². The molecule has 0 saturated carbocycles. The molecule has 1 unspecified atom stereocenters. The molecule has 1 N–H and O–H groups in total. The summed E-state index contributed by atoms with van der Waals surface area (Å²) < 4.78 is 0. The Morgan fingerprint density at radius 3 is 2.85 bits per heavy atom. The molecule has 0 spiro atoms. The number of piperidine rings is 1. The van der Waals surface area contributed by atoms with Crippen LogP contribution >= 0.6 is 0 Å². The summed E-state index contributed by atoms with van der Waals surface area (Å²) in [6.45, 7) is 3.10. The van der Waals surface area contributed by atoms with Gasteiger partial charge in [-0.2, -0.15) is 0 Å². The third kappa shape index (κ3) is 3.37. The Hall–Kier alpha value is -2.95. The van der Waals surface area contributed by atoms with E-state index in [2.05, 4.69) is 16.4 Å². The summed E-state index contributed by atoms with van der Waals surface area (Å²) in [5, 5.41) is 6.15. The lowest BCUT2D eigenvalue weighted by atomic mass is 9.98. The molecule has 1 fully saturated rings. The topological polar surface area (TPSA) is 62.3 Å². The molecule has 138 valence electrons. The van der Waals surface area contributed by atoms with Crippen LogP contribution in [-0.2, 0) is 4.79 Å². The van der Waals surface area contributed by atoms with Gasteiger partial charge in [0, 0.05) is 37.1 Å². The number of hydrogen-bond donors (Lipinski definition) is 1. The average molecular weight is 361 g/mol. The molecular weight excluding hydrogens is 338 g/mol. The summed E-state index contributed by atoms with van der Waals surface area (Å²) in [5.74, 6) is 0.0204. The Kier molecular flexibility index (Phi) is 4.75. The first-order valence-electron chi connectivity index (χ1n) is 9.52. The molecule has 1 saturated heterocycles. The molecule has 5 heteroatoms. The number of aromatic nitrogens is 1. The minimum absolute atomic E-state index is 0.0140. The predicted octanol–water partition coefficient (Wildman–Crippen LogP) is 3.52. The molecule has 5 nitrogen and oxygen atoms in total. The molecule has 1 aliphatic rings. The first kappa shape index (κ1) is 17.5. The highest BCUT2D eigenvalue weighted by atomic mass is 16.2. The van der Waals surface area contributed by atoms with Gasteiger partial charge >= 0.3 is 0 Å². The van der Waals surface area contributed by atoms with Gasteiger partial charge in [-0.3, -0.25) is 14.6 Å². The van der Waals surface area contributed by atoms with Gasteiger partial charge in [-0.05, 0) is 35.7 Å². The minimum atomic E-state index is -0.0140. The molecule has 4 rings (SSSR count). The van der Waals surface area contributed by atoms with Crippen molar-refractivity contribution in [2.75, 3.05) is 13.1 Å². The van der Waals surface area contributed by atoms with E-state index in [9.17, 15) is 9.59 Å². The number of benzene rings is 2. The second-order valence-electron chi connectivity index (χ2n) is 7.06. The van der Waals surface area contributed by atoms with Crippen molar-refractivity contribution >= 4 is 33.5 Å². The molecule has 2 heterocycles. The smallest absolute Gasteiger partial charge is 0.256 e. The first-order chi connectivity index (χ1) is 13.2. The summed E-state index contributed by atoms with van der Waals surface area (Å²) in [5.41, 5.74) is 1.37. The maximum atomic E-state index is 13.3. The lowest BCUT2D eigenvalue weighted by Crippen LogP contribution is -2.49. The third-order valence-corrected chi connectivity index (χ3v) is 5.24. The van der Waals surface area contributed by atoms with Crippen LogP contribution in [0.4, 0.5) is 0 Å². The summed E-state index contributed by atoms with van der Waals surface area (Å²) in [6, 6.07) is 14.0. The number of carbonyl (C=O) groups excluding carboxylic acids is 2. The zero-order valence-corrected chi connectivity index (χ0v) is 15.4. The molecule has 3 aromatic rings. The number of nitrogens with one attached hydrogen (secondary N) is 1. The summed E-state index contributed by atoms with van der Waals surface area (Å²) in [4.78, 5) is 31.4. The molecule has 27 heavy (non-hydrogen) atoms. The largest absolute Gasteiger partial charge is 0.352 e. The van der Waals surface area contributed by atoms with E-state index in [1.54, 1.807) is 6.20 Å². The van der Waals surface area contributed by atoms with Crippen molar-refractivity contribution in [3.8, 4) is 0 Å². The van der Waals surface area contributed by atoms with Gasteiger partial charge < -0.3 is 10.2 Å². The molecule has 1 aromatic heterocycles. The van der Waals surface area contributed by atoms with Crippen LogP contribution in [0.15, 0.2) is 48.7 Å². The lowest BCUT2D eigenvalue weighted by molar-refractivity contribution is -0.121. The number of carbonyl (C=O) groups is 2. The average Bonchev–Trinajstić information content (AvgIpc) is 2.72. The zero-order valence-electron chi connectivity index (χ0n) is 15.4. The van der Waals surface area contributed by atoms with Gasteiger partial charge in [0.05, 0.1) is 11.1 Å². The molecular formula is C22H23N3O2. The number of nitrogens with zero attached hydrogens (tertiary/aromatic N) is 2. The van der Waals surface area contributed by atoms with E-state index in [0.717, 1.165) is 34.5 Å². The highest BCUT2D eigenvalue weighted by molar-refractivity contribution is 6.15. The molecule has 1 aliphatic heterocycles. The van der Waals surface area contributed by atoms with E-state index >= 15 is 0 Å². The van der Waals surface area contributed by atoms with Crippen LogP contribution in [0.3, 0.4) is 0 Å². The Morgan fingerprint density at radius 1 is 1.19 bits per heavy atom. The number of pyridine rings is 1. The minimum Gasteiger partial charge on any atom is -0.352 e. The van der Waals surface area contributed by atoms with Gasteiger partial charge in [0.1, 0.15) is 0 Å². The molecule has 0 radical (unpaired) electrons. The fraction of sp³-hybridized carbons (Fsp3) is 0.318. The number of amides is 2. The van der Waals surface area contributed by atoms with E-state index in [0.29, 0.717) is 25.1 Å². The van der Waals surface area contributed by atoms with Crippen LogP contribution in [0.25, 0.3) is 21.7 Å². The summed E-state index contributed by atoms with van der Waals surface area (Å²) >= 11 is 0. The molecule has 2 amide bonds. The second-order valence-corrected chi connectivity index (χ2v) is 7.06. The summed E-state index contributed by atoms with van der Waals surface area (Å²) in [7, 11) is 0. The fourth-order valence-corrected chi connectivity index (χ4v) is 3.87. The number of rotatable bonds is 3. The standard InChI is InChI=1S/C22H23N3O2/c1-2-20(26)24-16-8-6-12-25(14-16)22(27)19-13-15-7-3-4-9-17(15)18-10-5-11-23-21(18)19/h3-5,7,9-11,13,16H,2,6,8,12,14H2,1H3,(H,24,26). The molecule has 2 aromatic carbocycles. The Bertz CT molecular complexity index is 1010. The van der Waals surface area contributed by atoms with Crippen LogP contribution in [-0.4, -0.2) is 40.8 Å². The van der Waals surface area contributed by atoms with Crippen molar-refractivity contribution in [2.45, 2.75) is 32.2 Å². The molecule has 1 atom stereocenters. The number of likely N-dealkylation sites (tertiary alicyclic amines) is 1. The lowest BCUT2D eigenvalue weighted by Gasteiger charge is -2.33. The van der Waals surface area contributed by atoms with Gasteiger partial charge in [-0.15, -0.1) is 0 Å². The maximum Gasteiger partial charge on any atom is 0.256 e.